The monoisotopic (exact) mass is 234 g/mol. The van der Waals surface area contributed by atoms with Crippen LogP contribution in [0, 0.1) is 0 Å². The van der Waals surface area contributed by atoms with Crippen molar-refractivity contribution in [2.24, 2.45) is 0 Å². The van der Waals surface area contributed by atoms with Gasteiger partial charge in [0.1, 0.15) is 5.69 Å². The van der Waals surface area contributed by atoms with Gasteiger partial charge in [-0.3, -0.25) is 9.59 Å². The highest BCUT2D eigenvalue weighted by atomic mass is 16.2. The van der Waals surface area contributed by atoms with Gasteiger partial charge in [0, 0.05) is 6.07 Å². The van der Waals surface area contributed by atoms with Crippen molar-refractivity contribution in [1.29, 1.82) is 0 Å². The van der Waals surface area contributed by atoms with Crippen LogP contribution < -0.4 is 10.9 Å². The number of aromatic nitrogens is 5. The number of nitrogens with zero attached hydrogens (tertiary/aromatic N) is 3. The van der Waals surface area contributed by atoms with Crippen molar-refractivity contribution in [2.75, 3.05) is 0 Å². The molecule has 8 heteroatoms. The Morgan fingerprint density at radius 3 is 2.94 bits per heavy atom. The summed E-state index contributed by atoms with van der Waals surface area (Å²) in [6.07, 6.45) is 0. The van der Waals surface area contributed by atoms with E-state index in [1.54, 1.807) is 6.92 Å². The Hall–Kier alpha value is -2.51. The molecule has 0 fully saturated rings. The van der Waals surface area contributed by atoms with Gasteiger partial charge in [-0.15, -0.1) is 10.2 Å². The molecule has 1 atom stereocenters. The van der Waals surface area contributed by atoms with Gasteiger partial charge >= 0.3 is 0 Å². The first-order valence-electron chi connectivity index (χ1n) is 4.90. The summed E-state index contributed by atoms with van der Waals surface area (Å²) in [6.45, 7) is 1.71. The highest BCUT2D eigenvalue weighted by molar-refractivity contribution is 5.92. The van der Waals surface area contributed by atoms with E-state index in [1.807, 2.05) is 0 Å². The molecule has 2 rings (SSSR count). The predicted molar refractivity (Wildman–Crippen MR) is 57.1 cm³/mol. The minimum Gasteiger partial charge on any atom is -0.341 e. The lowest BCUT2D eigenvalue weighted by molar-refractivity contribution is 0.0933. The standard InChI is InChI=1S/C9H10N6O2/c1-5(8-12-14-15-13-8)10-9(17)6-3-2-4-7(16)11-6/h2-5H,1H3,(H,10,17)(H,11,16)(H,12,13,14,15). The van der Waals surface area contributed by atoms with E-state index in [9.17, 15) is 9.59 Å². The lowest BCUT2D eigenvalue weighted by Crippen LogP contribution is -2.29. The van der Waals surface area contributed by atoms with Gasteiger partial charge in [-0.25, -0.2) is 0 Å². The van der Waals surface area contributed by atoms with E-state index in [4.69, 9.17) is 0 Å². The van der Waals surface area contributed by atoms with Gasteiger partial charge in [-0.1, -0.05) is 11.3 Å². The maximum absolute atomic E-state index is 11.7. The second kappa shape index (κ2) is 4.56. The van der Waals surface area contributed by atoms with Crippen LogP contribution in [0.1, 0.15) is 29.3 Å². The largest absolute Gasteiger partial charge is 0.341 e. The van der Waals surface area contributed by atoms with Gasteiger partial charge < -0.3 is 10.3 Å². The molecular formula is C9H10N6O2. The van der Waals surface area contributed by atoms with Crippen LogP contribution >= 0.6 is 0 Å². The predicted octanol–water partition coefficient (Wildman–Crippen LogP) is -0.621. The third-order valence-corrected chi connectivity index (χ3v) is 2.11. The summed E-state index contributed by atoms with van der Waals surface area (Å²) >= 11 is 0. The van der Waals surface area contributed by atoms with Gasteiger partial charge in [0.2, 0.25) is 5.56 Å². The Morgan fingerprint density at radius 2 is 2.29 bits per heavy atom. The van der Waals surface area contributed by atoms with Gasteiger partial charge in [-0.05, 0) is 13.0 Å². The first-order valence-corrected chi connectivity index (χ1v) is 4.90. The van der Waals surface area contributed by atoms with Crippen molar-refractivity contribution < 1.29 is 4.79 Å². The van der Waals surface area contributed by atoms with E-state index in [1.165, 1.54) is 18.2 Å². The molecule has 0 saturated heterocycles. The number of carbonyl (C=O) groups is 1. The summed E-state index contributed by atoms with van der Waals surface area (Å²) in [7, 11) is 0. The molecule has 0 saturated carbocycles. The number of rotatable bonds is 3. The van der Waals surface area contributed by atoms with Crippen LogP contribution in [0.4, 0.5) is 0 Å². The fourth-order valence-electron chi connectivity index (χ4n) is 1.27. The molecule has 0 spiro atoms. The van der Waals surface area contributed by atoms with E-state index >= 15 is 0 Å². The van der Waals surface area contributed by atoms with Crippen molar-refractivity contribution in [3.63, 3.8) is 0 Å². The summed E-state index contributed by atoms with van der Waals surface area (Å²) < 4.78 is 0. The molecule has 3 N–H and O–H groups in total. The number of pyridine rings is 1. The molecule has 2 heterocycles. The van der Waals surface area contributed by atoms with Crippen molar-refractivity contribution >= 4 is 5.91 Å². The number of H-pyrrole nitrogens is 2. The van der Waals surface area contributed by atoms with Crippen LogP contribution in [0.5, 0.6) is 0 Å². The normalized spacial score (nSPS) is 12.1. The van der Waals surface area contributed by atoms with E-state index in [2.05, 4.69) is 30.9 Å². The molecule has 1 unspecified atom stereocenters. The maximum Gasteiger partial charge on any atom is 0.268 e. The summed E-state index contributed by atoms with van der Waals surface area (Å²) in [5.74, 6) is -0.0309. The van der Waals surface area contributed by atoms with Gasteiger partial charge in [-0.2, -0.15) is 5.21 Å². The second-order valence-corrected chi connectivity index (χ2v) is 3.39. The molecule has 88 valence electrons. The molecule has 17 heavy (non-hydrogen) atoms. The minimum absolute atomic E-state index is 0.188. The maximum atomic E-state index is 11.7. The number of nitrogens with one attached hydrogen (secondary N) is 3. The summed E-state index contributed by atoms with van der Waals surface area (Å²) in [4.78, 5) is 25.2. The van der Waals surface area contributed by atoms with Gasteiger partial charge in [0.05, 0.1) is 6.04 Å². The first-order chi connectivity index (χ1) is 8.16. The Kier molecular flexibility index (Phi) is 2.95. The number of amides is 1. The molecular weight excluding hydrogens is 224 g/mol. The number of hydrogen-bond acceptors (Lipinski definition) is 5. The number of carbonyl (C=O) groups excluding carboxylic acids is 1. The summed E-state index contributed by atoms with van der Waals surface area (Å²) in [5, 5.41) is 15.8. The Labute approximate surface area is 95.4 Å². The highest BCUT2D eigenvalue weighted by Gasteiger charge is 2.14. The minimum atomic E-state index is -0.403. The van der Waals surface area contributed by atoms with Crippen LogP contribution in [0.25, 0.3) is 0 Å². The zero-order valence-corrected chi connectivity index (χ0v) is 8.97. The molecule has 1 amide bonds. The lowest BCUT2D eigenvalue weighted by Gasteiger charge is -2.09. The molecule has 0 aromatic carbocycles. The smallest absolute Gasteiger partial charge is 0.268 e. The zero-order chi connectivity index (χ0) is 12.3. The fraction of sp³-hybridized carbons (Fsp3) is 0.222. The van der Waals surface area contributed by atoms with Gasteiger partial charge in [0.25, 0.3) is 5.91 Å². The summed E-state index contributed by atoms with van der Waals surface area (Å²) in [5.41, 5.74) is -0.141. The van der Waals surface area contributed by atoms with E-state index in [0.717, 1.165) is 0 Å². The fourth-order valence-corrected chi connectivity index (χ4v) is 1.27. The first kappa shape index (κ1) is 11.0. The SMILES string of the molecule is CC(NC(=O)c1cccc(=O)[nH]1)c1nn[nH]n1. The Balaban J connectivity index is 2.10. The molecule has 2 aromatic rings. The second-order valence-electron chi connectivity index (χ2n) is 3.39. The average molecular weight is 234 g/mol. The third kappa shape index (κ3) is 2.54. The highest BCUT2D eigenvalue weighted by Crippen LogP contribution is 2.04. The number of hydrogen-bond donors (Lipinski definition) is 3. The quantitative estimate of drug-likeness (QED) is 0.654. The Morgan fingerprint density at radius 1 is 1.47 bits per heavy atom. The number of aromatic amines is 2. The molecule has 0 aliphatic carbocycles. The average Bonchev–Trinajstić information content (AvgIpc) is 2.82. The van der Waals surface area contributed by atoms with Crippen LogP contribution in [-0.4, -0.2) is 31.5 Å². The number of tetrazole rings is 1. The van der Waals surface area contributed by atoms with E-state index in [-0.39, 0.29) is 11.3 Å². The molecule has 0 aliphatic rings. The third-order valence-electron chi connectivity index (χ3n) is 2.11. The summed E-state index contributed by atoms with van der Waals surface area (Å²) in [6, 6.07) is 3.95. The van der Waals surface area contributed by atoms with Gasteiger partial charge in [0.15, 0.2) is 5.82 Å². The van der Waals surface area contributed by atoms with Crippen LogP contribution in [-0.2, 0) is 0 Å². The molecule has 2 aromatic heterocycles. The van der Waals surface area contributed by atoms with Crippen molar-refractivity contribution in [1.82, 2.24) is 30.9 Å². The molecule has 0 radical (unpaired) electrons. The molecule has 8 nitrogen and oxygen atoms in total. The van der Waals surface area contributed by atoms with Crippen LogP contribution in [0.2, 0.25) is 0 Å². The van der Waals surface area contributed by atoms with E-state index < -0.39 is 11.9 Å². The van der Waals surface area contributed by atoms with Crippen LogP contribution in [0.15, 0.2) is 23.0 Å². The van der Waals surface area contributed by atoms with Crippen molar-refractivity contribution in [3.8, 4) is 0 Å². The molecule has 0 aliphatic heterocycles. The lowest BCUT2D eigenvalue weighted by atomic mass is 10.3. The zero-order valence-electron chi connectivity index (χ0n) is 8.97. The van der Waals surface area contributed by atoms with E-state index in [0.29, 0.717) is 5.82 Å². The Bertz CT molecular complexity index is 561. The van der Waals surface area contributed by atoms with Crippen molar-refractivity contribution in [2.45, 2.75) is 13.0 Å². The van der Waals surface area contributed by atoms with Crippen LogP contribution in [0.3, 0.4) is 0 Å². The molecule has 0 bridgehead atoms. The van der Waals surface area contributed by atoms with Crippen molar-refractivity contribution in [3.05, 3.63) is 40.1 Å². The topological polar surface area (TPSA) is 116 Å².